The Labute approximate surface area is 143 Å². The zero-order chi connectivity index (χ0) is 18.1. The highest BCUT2D eigenvalue weighted by atomic mass is 79.9. The average molecular weight is 418 g/mol. The summed E-state index contributed by atoms with van der Waals surface area (Å²) in [5.74, 6) is 11.8. The first kappa shape index (κ1) is 21.6. The van der Waals surface area contributed by atoms with Gasteiger partial charge in [-0.1, -0.05) is 17.8 Å². The van der Waals surface area contributed by atoms with Crippen LogP contribution in [0.25, 0.3) is 0 Å². The average Bonchev–Trinajstić information content (AvgIpc) is 2.40. The molecule has 0 aromatic rings. The number of alkyl halides is 8. The van der Waals surface area contributed by atoms with Crippen molar-refractivity contribution in [2.75, 3.05) is 5.88 Å². The number of hydrogen-bond donors (Lipinski definition) is 0. The van der Waals surface area contributed by atoms with E-state index in [1.165, 1.54) is 11.8 Å². The summed E-state index contributed by atoms with van der Waals surface area (Å²) < 4.78 is 76.3. The molecule has 2 atom stereocenters. The molecule has 0 bridgehead atoms. The third-order valence-corrected chi connectivity index (χ3v) is 2.62. The van der Waals surface area contributed by atoms with Gasteiger partial charge < -0.3 is 0 Å². The van der Waals surface area contributed by atoms with Crippen LogP contribution in [-0.2, 0) is 0 Å². The van der Waals surface area contributed by atoms with E-state index in [1.807, 2.05) is 21.9 Å². The summed E-state index contributed by atoms with van der Waals surface area (Å²) in [6.07, 6.45) is -3.49. The van der Waals surface area contributed by atoms with E-state index in [0.29, 0.717) is 0 Å². The van der Waals surface area contributed by atoms with E-state index in [0.717, 1.165) is 5.92 Å². The molecule has 0 aromatic carbocycles. The summed E-state index contributed by atoms with van der Waals surface area (Å²) >= 11 is 7.17. The van der Waals surface area contributed by atoms with Crippen LogP contribution in [0.4, 0.5) is 26.3 Å². The van der Waals surface area contributed by atoms with Crippen LogP contribution in [0.3, 0.4) is 0 Å². The quantitative estimate of drug-likeness (QED) is 0.360. The molecule has 0 saturated carbocycles. The molecule has 2 unspecified atom stereocenters. The maximum absolute atomic E-state index is 14.2. The topological polar surface area (TPSA) is 0 Å². The number of terminal acetylenes is 1. The maximum Gasteiger partial charge on any atom is 0.457 e. The van der Waals surface area contributed by atoms with E-state index in [4.69, 9.17) is 18.0 Å². The van der Waals surface area contributed by atoms with Crippen molar-refractivity contribution in [1.82, 2.24) is 0 Å². The van der Waals surface area contributed by atoms with Crippen LogP contribution < -0.4 is 0 Å². The molecule has 0 nitrogen and oxygen atoms in total. The molecular weight excluding hydrogens is 410 g/mol. The fourth-order valence-electron chi connectivity index (χ4n) is 1.32. The lowest BCUT2D eigenvalue weighted by molar-refractivity contribution is -0.0700. The van der Waals surface area contributed by atoms with Crippen LogP contribution in [0.5, 0.6) is 0 Å². The Kier molecular flexibility index (Phi) is 8.47. The predicted molar refractivity (Wildman–Crippen MR) is 79.4 cm³/mol. The molecule has 0 fully saturated rings. The van der Waals surface area contributed by atoms with E-state index >= 15 is 0 Å². The zero-order valence-electron chi connectivity index (χ0n) is 11.3. The highest BCUT2D eigenvalue weighted by Gasteiger charge is 2.38. The third-order valence-electron chi connectivity index (χ3n) is 2.29. The molecule has 0 spiro atoms. The van der Waals surface area contributed by atoms with Crippen LogP contribution in [0.15, 0.2) is 0 Å². The van der Waals surface area contributed by atoms with Gasteiger partial charge >= 0.3 is 11.0 Å². The van der Waals surface area contributed by atoms with Gasteiger partial charge in [-0.05, 0) is 5.92 Å². The van der Waals surface area contributed by atoms with E-state index in [1.54, 1.807) is 5.92 Å². The lowest BCUT2D eigenvalue weighted by atomic mass is 9.77. The van der Waals surface area contributed by atoms with Gasteiger partial charge in [0.1, 0.15) is 0 Å². The van der Waals surface area contributed by atoms with Crippen LogP contribution in [0.2, 0.25) is 0 Å². The second kappa shape index (κ2) is 9.02. The first-order valence-corrected chi connectivity index (χ1v) is 7.08. The molecule has 0 radical (unpaired) electrons. The Hall–Kier alpha value is -1.41. The van der Waals surface area contributed by atoms with Crippen LogP contribution in [-0.4, -0.2) is 23.1 Å². The number of halogens is 8. The maximum atomic E-state index is 14.2. The van der Waals surface area contributed by atoms with Crippen molar-refractivity contribution in [3.63, 3.8) is 0 Å². The van der Waals surface area contributed by atoms with Gasteiger partial charge in [0.15, 0.2) is 6.17 Å². The molecule has 23 heavy (non-hydrogen) atoms. The van der Waals surface area contributed by atoms with Gasteiger partial charge in [-0.15, -0.1) is 29.9 Å². The summed E-state index contributed by atoms with van der Waals surface area (Å²) in [7, 11) is 0. The minimum atomic E-state index is -4.91. The Morgan fingerprint density at radius 3 is 2.04 bits per heavy atom. The lowest BCUT2D eigenvalue weighted by Gasteiger charge is -2.25. The Balaban J connectivity index is 5.92. The number of hydrogen-bond acceptors (Lipinski definition) is 0. The molecule has 0 aliphatic rings. The minimum absolute atomic E-state index is 0.152. The highest BCUT2D eigenvalue weighted by molar-refractivity contribution is 9.10. The van der Waals surface area contributed by atoms with E-state index in [-0.39, 0.29) is 5.88 Å². The SMILES string of the molecule is C#CCC(C#CC(F)(F)F)(CC#CCCl)C(F)C#CC(F)(F)Br. The minimum Gasteiger partial charge on any atom is -0.232 e. The number of rotatable bonds is 3. The van der Waals surface area contributed by atoms with Crippen molar-refractivity contribution in [1.29, 1.82) is 0 Å². The van der Waals surface area contributed by atoms with Gasteiger partial charge in [-0.3, -0.25) is 0 Å². The fourth-order valence-corrected chi connectivity index (χ4v) is 1.53. The third kappa shape index (κ3) is 9.35. The molecule has 0 aliphatic heterocycles. The van der Waals surface area contributed by atoms with E-state index in [2.05, 4.69) is 11.8 Å². The summed E-state index contributed by atoms with van der Waals surface area (Å²) in [4.78, 5) is -3.70. The molecule has 0 amide bonds. The van der Waals surface area contributed by atoms with Gasteiger partial charge in [-0.2, -0.15) is 22.0 Å². The van der Waals surface area contributed by atoms with Crippen molar-refractivity contribution in [3.8, 4) is 47.9 Å². The van der Waals surface area contributed by atoms with Crippen molar-refractivity contribution in [2.45, 2.75) is 30.0 Å². The van der Waals surface area contributed by atoms with Crippen LogP contribution in [0, 0.1) is 53.3 Å². The predicted octanol–water partition coefficient (Wildman–Crippen LogP) is 4.52. The summed E-state index contributed by atoms with van der Waals surface area (Å²) in [5.41, 5.74) is -2.16. The smallest absolute Gasteiger partial charge is 0.232 e. The normalized spacial score (nSPS) is 14.6. The fraction of sp³-hybridized carbons (Fsp3) is 0.467. The van der Waals surface area contributed by atoms with Gasteiger partial charge in [0.05, 0.1) is 11.3 Å². The largest absolute Gasteiger partial charge is 0.457 e. The molecule has 0 saturated heterocycles. The molecule has 0 aromatic heterocycles. The van der Waals surface area contributed by atoms with Gasteiger partial charge in [0.2, 0.25) is 0 Å². The standard InChI is InChI=1S/C15H8BrClF6/c1-2-6-13(7-3-4-11-17,9-10-15(21,22)23)12(18)5-8-14(16,19)20/h1,12H,6-7,11H2. The molecular formula is C15H8BrClF6. The van der Waals surface area contributed by atoms with Crippen LogP contribution in [0.1, 0.15) is 12.8 Å². The monoisotopic (exact) mass is 416 g/mol. The van der Waals surface area contributed by atoms with Crippen molar-refractivity contribution < 1.29 is 26.3 Å². The summed E-state index contributed by atoms with van der Waals surface area (Å²) in [6.45, 7) is 0. The first-order chi connectivity index (χ1) is 10.5. The zero-order valence-corrected chi connectivity index (χ0v) is 13.6. The van der Waals surface area contributed by atoms with Gasteiger partial charge in [0.25, 0.3) is 0 Å². The van der Waals surface area contributed by atoms with Gasteiger partial charge in [0, 0.05) is 34.7 Å². The van der Waals surface area contributed by atoms with Crippen molar-refractivity contribution in [2.24, 2.45) is 5.41 Å². The Morgan fingerprint density at radius 2 is 1.61 bits per heavy atom. The molecule has 0 heterocycles. The summed E-state index contributed by atoms with van der Waals surface area (Å²) in [6, 6.07) is 0. The highest BCUT2D eigenvalue weighted by Crippen LogP contribution is 2.33. The Bertz CT molecular complexity index is 624. The molecule has 124 valence electrons. The van der Waals surface area contributed by atoms with Gasteiger partial charge in [-0.25, -0.2) is 4.39 Å². The Morgan fingerprint density at radius 1 is 1.00 bits per heavy atom. The first-order valence-electron chi connectivity index (χ1n) is 5.75. The lowest BCUT2D eigenvalue weighted by Crippen LogP contribution is -2.30. The summed E-state index contributed by atoms with van der Waals surface area (Å²) in [5, 5.41) is 0. The molecule has 8 heteroatoms. The van der Waals surface area contributed by atoms with Crippen molar-refractivity contribution in [3.05, 3.63) is 0 Å². The molecule has 0 N–H and O–H groups in total. The second-order valence-electron chi connectivity index (χ2n) is 4.08. The van der Waals surface area contributed by atoms with E-state index in [9.17, 15) is 26.3 Å². The molecule has 0 rings (SSSR count). The van der Waals surface area contributed by atoms with E-state index < -0.39 is 35.4 Å². The van der Waals surface area contributed by atoms with Crippen LogP contribution >= 0.6 is 27.5 Å². The second-order valence-corrected chi connectivity index (χ2v) is 5.34. The van der Waals surface area contributed by atoms with Crippen molar-refractivity contribution >= 4 is 27.5 Å². The molecule has 0 aliphatic carbocycles.